The first-order valence-electron chi connectivity index (χ1n) is 12.7. The van der Waals surface area contributed by atoms with Crippen LogP contribution in [0, 0.1) is 0 Å². The SMILES string of the molecule is CCCC[Si](C)(O[Si](C)(C)O[Si](C)(C)C)O[Si](C)(CCCNCCN)O[Si](C)(C)C.CCO. The first kappa shape index (κ1) is 36.0. The van der Waals surface area contributed by atoms with Crippen LogP contribution < -0.4 is 11.1 Å². The predicted octanol–water partition coefficient (Wildman–Crippen LogP) is 5.31. The van der Waals surface area contributed by atoms with Gasteiger partial charge in [-0.25, -0.2) is 0 Å². The lowest BCUT2D eigenvalue weighted by atomic mass is 10.4. The van der Waals surface area contributed by atoms with Crippen LogP contribution in [0.2, 0.25) is 77.6 Å². The largest absolute Gasteiger partial charge is 0.437 e. The van der Waals surface area contributed by atoms with Crippen LogP contribution in [0.1, 0.15) is 33.1 Å². The first-order valence-corrected chi connectivity index (χ1v) is 27.4. The fourth-order valence-corrected chi connectivity index (χ4v) is 27.9. The molecule has 0 aromatic heterocycles. The Balaban J connectivity index is 0. The summed E-state index contributed by atoms with van der Waals surface area (Å²) in [6, 6.07) is 1.97. The number of nitrogens with two attached hydrogens (primary N) is 1. The van der Waals surface area contributed by atoms with E-state index >= 15 is 0 Å². The molecule has 0 aromatic carbocycles. The summed E-state index contributed by atoms with van der Waals surface area (Å²) < 4.78 is 27.2. The van der Waals surface area contributed by atoms with Gasteiger partial charge in [0.15, 0.2) is 16.6 Å². The minimum Gasteiger partial charge on any atom is -0.437 e. The van der Waals surface area contributed by atoms with Gasteiger partial charge in [-0.05, 0) is 97.4 Å². The highest BCUT2D eigenvalue weighted by Gasteiger charge is 2.48. The summed E-state index contributed by atoms with van der Waals surface area (Å²) in [7, 11) is -10.5. The molecule has 0 fully saturated rings. The van der Waals surface area contributed by atoms with Gasteiger partial charge in [0.1, 0.15) is 0 Å². The molecule has 202 valence electrons. The first-order chi connectivity index (χ1) is 14.9. The molecular formula is C21H58N2O5Si5. The zero-order valence-corrected chi connectivity index (χ0v) is 29.0. The molecule has 0 aromatic rings. The summed E-state index contributed by atoms with van der Waals surface area (Å²) in [4.78, 5) is 0. The Bertz CT molecular complexity index is 506. The summed E-state index contributed by atoms with van der Waals surface area (Å²) in [5.74, 6) is 0. The third-order valence-corrected chi connectivity index (χ3v) is 22.5. The fourth-order valence-electron chi connectivity index (χ4n) is 3.89. The lowest BCUT2D eigenvalue weighted by Crippen LogP contribution is -2.60. The van der Waals surface area contributed by atoms with Crippen molar-refractivity contribution in [3.8, 4) is 0 Å². The Kier molecular flexibility index (Phi) is 18.0. The molecule has 0 spiro atoms. The molecule has 0 heterocycles. The van der Waals surface area contributed by atoms with Gasteiger partial charge in [-0.2, -0.15) is 0 Å². The molecule has 0 aliphatic carbocycles. The number of hydrogen-bond acceptors (Lipinski definition) is 7. The van der Waals surface area contributed by atoms with E-state index in [1.807, 2.05) is 0 Å². The topological polar surface area (TPSA) is 95.2 Å². The molecule has 33 heavy (non-hydrogen) atoms. The van der Waals surface area contributed by atoms with E-state index in [1.165, 1.54) is 0 Å². The molecule has 0 bridgehead atoms. The van der Waals surface area contributed by atoms with Crippen molar-refractivity contribution in [3.63, 3.8) is 0 Å². The second-order valence-electron chi connectivity index (χ2n) is 11.4. The molecular weight excluding hydrogens is 501 g/mol. The van der Waals surface area contributed by atoms with Crippen LogP contribution in [0.5, 0.6) is 0 Å². The normalized spacial score (nSPS) is 16.5. The zero-order valence-electron chi connectivity index (χ0n) is 24.0. The number of aliphatic hydroxyl groups excluding tert-OH is 1. The molecule has 12 heteroatoms. The maximum atomic E-state index is 7.57. The van der Waals surface area contributed by atoms with Crippen molar-refractivity contribution in [1.82, 2.24) is 5.32 Å². The van der Waals surface area contributed by atoms with Gasteiger partial charge >= 0.3 is 25.7 Å². The summed E-state index contributed by atoms with van der Waals surface area (Å²) >= 11 is 0. The summed E-state index contributed by atoms with van der Waals surface area (Å²) in [5, 5.41) is 11.0. The van der Waals surface area contributed by atoms with Gasteiger partial charge in [0.25, 0.3) is 0 Å². The Hall–Kier alpha value is 0.804. The standard InChI is InChI=1S/C19H52N2O4Si5.C2H6O/c1-12-13-18-30(11,24-28(8,9)22-26(2,3)4)25-29(10,23-27(5,6)7)19-14-16-21-17-15-20;1-2-3/h21H,12-20H2,1-11H3;3H,2H2,1H3. The average Bonchev–Trinajstić information content (AvgIpc) is 2.55. The Morgan fingerprint density at radius 1 is 0.667 bits per heavy atom. The Morgan fingerprint density at radius 2 is 1.12 bits per heavy atom. The van der Waals surface area contributed by atoms with Crippen LogP contribution in [0.4, 0.5) is 0 Å². The predicted molar refractivity (Wildman–Crippen MR) is 156 cm³/mol. The smallest absolute Gasteiger partial charge is 0.317 e. The molecule has 2 unspecified atom stereocenters. The maximum absolute atomic E-state index is 7.57. The van der Waals surface area contributed by atoms with Gasteiger partial charge in [-0.3, -0.25) is 0 Å². The minimum absolute atomic E-state index is 0.250. The lowest BCUT2D eigenvalue weighted by molar-refractivity contribution is 0.286. The number of hydrogen-bond donors (Lipinski definition) is 3. The number of unbranched alkanes of at least 4 members (excludes halogenated alkanes) is 1. The molecule has 0 amide bonds. The quantitative estimate of drug-likeness (QED) is 0.165. The van der Waals surface area contributed by atoms with Crippen molar-refractivity contribution >= 4 is 42.3 Å². The van der Waals surface area contributed by atoms with Crippen molar-refractivity contribution in [1.29, 1.82) is 0 Å². The van der Waals surface area contributed by atoms with Crippen LogP contribution in [0.25, 0.3) is 0 Å². The molecule has 0 radical (unpaired) electrons. The molecule has 0 saturated carbocycles. The van der Waals surface area contributed by atoms with Gasteiger partial charge in [-0.15, -0.1) is 0 Å². The average molecular weight is 559 g/mol. The van der Waals surface area contributed by atoms with E-state index in [2.05, 4.69) is 77.7 Å². The van der Waals surface area contributed by atoms with E-state index in [0.29, 0.717) is 6.54 Å². The van der Waals surface area contributed by atoms with E-state index in [1.54, 1.807) is 6.92 Å². The number of aliphatic hydroxyl groups is 1. The second-order valence-corrected chi connectivity index (χ2v) is 31.4. The molecule has 0 aliphatic rings. The summed E-state index contributed by atoms with van der Waals surface area (Å²) in [6.45, 7) is 29.0. The molecule has 4 N–H and O–H groups in total. The van der Waals surface area contributed by atoms with Crippen LogP contribution in [-0.4, -0.2) is 73.7 Å². The number of nitrogens with one attached hydrogen (secondary N) is 1. The highest BCUT2D eigenvalue weighted by Crippen LogP contribution is 2.31. The van der Waals surface area contributed by atoms with E-state index in [4.69, 9.17) is 27.3 Å². The van der Waals surface area contributed by atoms with Gasteiger partial charge < -0.3 is 32.6 Å². The Morgan fingerprint density at radius 3 is 1.55 bits per heavy atom. The van der Waals surface area contributed by atoms with Crippen LogP contribution in [-0.2, 0) is 16.5 Å². The maximum Gasteiger partial charge on any atom is 0.317 e. The molecule has 0 aliphatic heterocycles. The van der Waals surface area contributed by atoms with Gasteiger partial charge in [0, 0.05) is 19.7 Å². The fraction of sp³-hybridized carbons (Fsp3) is 1.00. The van der Waals surface area contributed by atoms with Crippen LogP contribution in [0.15, 0.2) is 0 Å². The number of rotatable bonds is 17. The van der Waals surface area contributed by atoms with E-state index < -0.39 is 42.3 Å². The zero-order chi connectivity index (χ0) is 26.4. The van der Waals surface area contributed by atoms with E-state index in [9.17, 15) is 0 Å². The molecule has 2 atom stereocenters. The summed E-state index contributed by atoms with van der Waals surface area (Å²) in [5.41, 5.74) is 5.60. The van der Waals surface area contributed by atoms with Crippen molar-refractivity contribution in [2.75, 3.05) is 26.2 Å². The lowest BCUT2D eigenvalue weighted by Gasteiger charge is -2.44. The third-order valence-electron chi connectivity index (χ3n) is 4.26. The van der Waals surface area contributed by atoms with Gasteiger partial charge in [0.2, 0.25) is 0 Å². The Labute approximate surface area is 211 Å². The van der Waals surface area contributed by atoms with Crippen molar-refractivity contribution < 1.29 is 21.6 Å². The third kappa shape index (κ3) is 21.8. The summed E-state index contributed by atoms with van der Waals surface area (Å²) in [6.07, 6.45) is 3.30. The van der Waals surface area contributed by atoms with Crippen molar-refractivity contribution in [2.24, 2.45) is 5.73 Å². The second kappa shape index (κ2) is 16.5. The highest BCUT2D eigenvalue weighted by atomic mass is 28.5. The highest BCUT2D eigenvalue weighted by molar-refractivity contribution is 6.90. The molecule has 0 rings (SSSR count). The van der Waals surface area contributed by atoms with E-state index in [-0.39, 0.29) is 6.61 Å². The molecule has 7 nitrogen and oxygen atoms in total. The minimum atomic E-state index is -2.44. The monoisotopic (exact) mass is 558 g/mol. The van der Waals surface area contributed by atoms with Crippen molar-refractivity contribution in [3.05, 3.63) is 0 Å². The van der Waals surface area contributed by atoms with E-state index in [0.717, 1.165) is 44.4 Å². The molecule has 0 saturated heterocycles. The van der Waals surface area contributed by atoms with Gasteiger partial charge in [0.05, 0.1) is 0 Å². The van der Waals surface area contributed by atoms with Crippen LogP contribution in [0.3, 0.4) is 0 Å². The van der Waals surface area contributed by atoms with Gasteiger partial charge in [-0.1, -0.05) is 19.8 Å². The van der Waals surface area contributed by atoms with Crippen molar-refractivity contribution in [2.45, 2.75) is 111 Å². The van der Waals surface area contributed by atoms with Crippen LogP contribution >= 0.6 is 0 Å².